The maximum Gasteiger partial charge on any atom is 0.243 e. The van der Waals surface area contributed by atoms with Crippen LogP contribution in [0, 0.1) is 12.3 Å². The summed E-state index contributed by atoms with van der Waals surface area (Å²) in [6.45, 7) is 21.0. The van der Waals surface area contributed by atoms with Gasteiger partial charge in [-0.2, -0.15) is 0 Å². The average Bonchev–Trinajstić information content (AvgIpc) is 4.14. The molecule has 1 aliphatic rings. The topological polar surface area (TPSA) is 174 Å². The first-order valence-corrected chi connectivity index (χ1v) is 29.2. The highest BCUT2D eigenvalue weighted by Gasteiger charge is 2.39. The van der Waals surface area contributed by atoms with Crippen molar-refractivity contribution in [3.05, 3.63) is 101 Å². The lowest BCUT2D eigenvalue weighted by atomic mass is 9.86. The average molecular weight is 1120 g/mol. The molecule has 0 radical (unpaired) electrons. The number of carbonyl (C=O) groups is 3. The van der Waals surface area contributed by atoms with Crippen molar-refractivity contribution in [3.8, 4) is 21.9 Å². The molecule has 14 nitrogen and oxygen atoms in total. The number of amides is 2. The van der Waals surface area contributed by atoms with Gasteiger partial charge in [-0.3, -0.25) is 19.0 Å². The number of unbranched alkanes of at least 4 members (excludes halogenated alkanes) is 2. The Labute approximate surface area is 437 Å². The summed E-state index contributed by atoms with van der Waals surface area (Å²) in [5, 5.41) is 11.2. The van der Waals surface area contributed by atoms with Crippen LogP contribution in [-0.2, 0) is 33.8 Å². The van der Waals surface area contributed by atoms with E-state index in [0.29, 0.717) is 51.3 Å². The Morgan fingerprint density at radius 3 is 2.43 bits per heavy atom. The number of nitrogens with two attached hydrogens (primary N) is 1. The van der Waals surface area contributed by atoms with Gasteiger partial charge in [0.15, 0.2) is 0 Å². The molecule has 3 heterocycles. The van der Waals surface area contributed by atoms with E-state index in [1.165, 1.54) is 12.0 Å². The van der Waals surface area contributed by atoms with Gasteiger partial charge in [0.1, 0.15) is 36.9 Å². The van der Waals surface area contributed by atoms with Crippen LogP contribution in [-0.4, -0.2) is 102 Å². The van der Waals surface area contributed by atoms with Crippen molar-refractivity contribution < 1.29 is 33.6 Å². The Kier molecular flexibility index (Phi) is 30.5. The molecule has 388 valence electrons. The first-order valence-electron chi connectivity index (χ1n) is 24.3. The van der Waals surface area contributed by atoms with Crippen molar-refractivity contribution in [2.75, 3.05) is 47.5 Å². The van der Waals surface area contributed by atoms with E-state index >= 15 is 0 Å². The molecule has 70 heavy (non-hydrogen) atoms. The van der Waals surface area contributed by atoms with Crippen LogP contribution in [0.25, 0.3) is 21.3 Å². The SMILES string of the molecule is CC.CCC.CNOPI.CO.Cc1ncsc1-c1ccc(CNC(=O)C2CCCN2C(=O)C(N)C(C)(C)C)c(OCCCCCN(C)Cc2cccc(OCCn3ccc4ccc(C=O)cc43)c2)c1. The smallest absolute Gasteiger partial charge is 0.243 e. The number of rotatable bonds is 21. The van der Waals surface area contributed by atoms with Gasteiger partial charge in [0.05, 0.1) is 35.3 Å². The number of hydroxylamine groups is 1. The largest absolute Gasteiger partial charge is 0.493 e. The number of carbonyl (C=O) groups excluding carboxylic acids is 3. The number of likely N-dealkylation sites (tertiary alicyclic amines) is 1. The number of ether oxygens (including phenoxy) is 2. The maximum atomic E-state index is 13.5. The lowest BCUT2D eigenvalue weighted by Crippen LogP contribution is -2.54. The lowest BCUT2D eigenvalue weighted by molar-refractivity contribution is -0.141. The normalized spacial score (nSPS) is 13.5. The summed E-state index contributed by atoms with van der Waals surface area (Å²) >= 11 is 3.73. The predicted octanol–water partition coefficient (Wildman–Crippen LogP) is 10.8. The minimum atomic E-state index is -0.670. The summed E-state index contributed by atoms with van der Waals surface area (Å²) in [5.74, 6) is 1.25. The molecule has 0 saturated carbocycles. The van der Waals surface area contributed by atoms with Gasteiger partial charge in [-0.05, 0) is 127 Å². The zero-order valence-electron chi connectivity index (χ0n) is 43.5. The van der Waals surface area contributed by atoms with E-state index in [4.69, 9.17) is 20.3 Å². The van der Waals surface area contributed by atoms with E-state index in [9.17, 15) is 14.4 Å². The zero-order valence-corrected chi connectivity index (χ0v) is 47.5. The number of aliphatic hydroxyl groups is 1. The molecule has 0 aliphatic carbocycles. The lowest BCUT2D eigenvalue weighted by Gasteiger charge is -2.32. The standard InChI is InChI=1S/C46H58N6O5S.C3H8.C2H6.CH5INOP.CH4O/c1-32-42(58-31-49-32)36-16-17-37(28-48-44(54)39-13-10-20-52(39)45(55)43(47)46(2,3)4)41(27-36)57-23-8-6-7-19-50(5)29-33-11-9-12-38(25-33)56-24-22-51-21-18-35-15-14-34(30-53)26-40(35)51;1-3-2;1-2;1-3-4-5-2;1-2/h9,11-12,14-18,21,25-27,30-31,39,43H,6-8,10,13,19-20,22-24,28-29,47H2,1-5H3,(H,48,54);3H2,1-2H3;1-2H3;3,5H,1H3;2H,1H3. The fourth-order valence-corrected chi connectivity index (χ4v) is 8.98. The number of halogens is 1. The van der Waals surface area contributed by atoms with Gasteiger partial charge in [-0.25, -0.2) is 10.5 Å². The van der Waals surface area contributed by atoms with Crippen LogP contribution < -0.4 is 26.0 Å². The number of thiazole rings is 1. The predicted molar refractivity (Wildman–Crippen MR) is 299 cm³/mol. The van der Waals surface area contributed by atoms with Gasteiger partial charge in [0.2, 0.25) is 11.8 Å². The van der Waals surface area contributed by atoms with Crippen molar-refractivity contribution >= 4 is 68.8 Å². The second-order valence-electron chi connectivity index (χ2n) is 17.5. The van der Waals surface area contributed by atoms with Crippen LogP contribution >= 0.6 is 39.8 Å². The monoisotopic (exact) mass is 1120 g/mol. The number of fused-ring (bicyclic) bond motifs is 1. The van der Waals surface area contributed by atoms with Gasteiger partial charge in [-0.1, -0.05) is 91.3 Å². The Hall–Kier alpha value is -4.00. The number of hydrogen-bond acceptors (Lipinski definition) is 12. The minimum absolute atomic E-state index is 0.166. The summed E-state index contributed by atoms with van der Waals surface area (Å²) < 4.78 is 19.3. The Bertz CT molecular complexity index is 2270. The highest BCUT2D eigenvalue weighted by atomic mass is 127. The van der Waals surface area contributed by atoms with E-state index in [2.05, 4.69) is 97.1 Å². The maximum absolute atomic E-state index is 13.5. The van der Waals surface area contributed by atoms with Crippen molar-refractivity contribution in [3.63, 3.8) is 0 Å². The van der Waals surface area contributed by atoms with Crippen LogP contribution in [0.15, 0.2) is 78.4 Å². The van der Waals surface area contributed by atoms with Crippen LogP contribution in [0.2, 0.25) is 0 Å². The quantitative estimate of drug-likeness (QED) is 0.0181. The number of aromatic nitrogens is 2. The number of benzene rings is 3. The first-order chi connectivity index (χ1) is 33.7. The minimum Gasteiger partial charge on any atom is -0.493 e. The van der Waals surface area contributed by atoms with Crippen molar-refractivity contribution in [2.24, 2.45) is 11.1 Å². The van der Waals surface area contributed by atoms with Crippen LogP contribution in [0.3, 0.4) is 0 Å². The van der Waals surface area contributed by atoms with E-state index in [1.54, 1.807) is 23.3 Å². The summed E-state index contributed by atoms with van der Waals surface area (Å²) in [7, 11) is 4.88. The van der Waals surface area contributed by atoms with Crippen molar-refractivity contribution in [1.29, 1.82) is 0 Å². The Morgan fingerprint density at radius 2 is 1.79 bits per heavy atom. The third kappa shape index (κ3) is 20.6. The second kappa shape index (κ2) is 34.4. The molecule has 5 N–H and O–H groups in total. The Balaban J connectivity index is 0.00000127. The molecule has 1 aliphatic heterocycles. The Morgan fingerprint density at radius 1 is 1.04 bits per heavy atom. The molecule has 0 spiro atoms. The molecule has 3 aromatic carbocycles. The van der Waals surface area contributed by atoms with E-state index < -0.39 is 17.5 Å². The van der Waals surface area contributed by atoms with E-state index in [0.717, 1.165) is 96.3 Å². The third-order valence-corrected chi connectivity index (χ3v) is 13.0. The van der Waals surface area contributed by atoms with Crippen LogP contribution in [0.5, 0.6) is 11.5 Å². The summed E-state index contributed by atoms with van der Waals surface area (Å²) in [6, 6.07) is 21.0. The number of hydrogen-bond donors (Lipinski definition) is 4. The van der Waals surface area contributed by atoms with Crippen LogP contribution in [0.4, 0.5) is 0 Å². The van der Waals surface area contributed by atoms with Crippen molar-refractivity contribution in [2.45, 2.75) is 126 Å². The van der Waals surface area contributed by atoms with Gasteiger partial charge < -0.3 is 40.0 Å². The van der Waals surface area contributed by atoms with Gasteiger partial charge in [-0.15, -0.1) is 11.3 Å². The number of aliphatic hydroxyl groups excluding tert-OH is 1. The molecule has 17 heteroatoms. The highest BCUT2D eigenvalue weighted by molar-refractivity contribution is 14.2. The molecule has 2 amide bonds. The zero-order chi connectivity index (χ0) is 52.1. The molecule has 6 rings (SSSR count). The molecule has 1 saturated heterocycles. The van der Waals surface area contributed by atoms with Gasteiger partial charge in [0.25, 0.3) is 0 Å². The van der Waals surface area contributed by atoms with Crippen molar-refractivity contribution in [1.82, 2.24) is 30.1 Å². The first kappa shape index (κ1) is 62.1. The fourth-order valence-electron chi connectivity index (χ4n) is 7.44. The third-order valence-electron chi connectivity index (χ3n) is 11.0. The molecule has 5 aromatic rings. The fraction of sp³-hybridized carbons (Fsp3) is 0.509. The molecule has 1 fully saturated rings. The number of nitrogens with one attached hydrogen (secondary N) is 2. The summed E-state index contributed by atoms with van der Waals surface area (Å²) in [4.78, 5) is 47.4. The molecule has 3 atom stereocenters. The molecular weight excluding hydrogens is 1040 g/mol. The van der Waals surface area contributed by atoms with E-state index in [-0.39, 0.29) is 11.8 Å². The second-order valence-corrected chi connectivity index (χ2v) is 20.1. The molecule has 3 unspecified atom stereocenters. The summed E-state index contributed by atoms with van der Waals surface area (Å²) in [5.41, 5.74) is 16.1. The summed E-state index contributed by atoms with van der Waals surface area (Å²) in [6.07, 6.45) is 8.49. The number of nitrogens with zero attached hydrogens (tertiary/aromatic N) is 4. The van der Waals surface area contributed by atoms with Gasteiger partial charge >= 0.3 is 0 Å². The number of aryl methyl sites for hydroxylation is 1. The van der Waals surface area contributed by atoms with Gasteiger partial charge in [0, 0.05) is 56.6 Å². The molecular formula is C53H81IN7O7PS. The molecule has 2 aromatic heterocycles. The molecule has 0 bridgehead atoms. The highest BCUT2D eigenvalue weighted by Crippen LogP contribution is 2.33. The number of aldehydes is 1. The van der Waals surface area contributed by atoms with Crippen LogP contribution in [0.1, 0.15) is 114 Å². The van der Waals surface area contributed by atoms with E-state index in [1.807, 2.05) is 95.7 Å².